The van der Waals surface area contributed by atoms with Gasteiger partial charge in [-0.25, -0.2) is 15.0 Å². The molecule has 3 heterocycles. The van der Waals surface area contributed by atoms with Crippen molar-refractivity contribution in [1.82, 2.24) is 34.0 Å². The fraction of sp³-hybridized carbons (Fsp3) is 0.204. The van der Waals surface area contributed by atoms with Crippen molar-refractivity contribution in [1.29, 1.82) is 0 Å². The van der Waals surface area contributed by atoms with Gasteiger partial charge in [0.25, 0.3) is 22.6 Å². The number of benzene rings is 6. The van der Waals surface area contributed by atoms with E-state index in [1.807, 2.05) is 91.0 Å². The number of rotatable bonds is 13. The van der Waals surface area contributed by atoms with Crippen LogP contribution in [0.1, 0.15) is 0 Å². The zero-order valence-electron chi connectivity index (χ0n) is 41.0. The average molecular weight is 976 g/mol. The number of hydrogen-bond donors (Lipinski definition) is 2. The van der Waals surface area contributed by atoms with Crippen LogP contribution in [-0.4, -0.2) is 95.0 Å². The largest absolute Gasteiger partial charge is 0.504 e. The van der Waals surface area contributed by atoms with E-state index in [2.05, 4.69) is 15.3 Å². The lowest BCUT2D eigenvalue weighted by molar-refractivity contribution is -0.122. The van der Waals surface area contributed by atoms with E-state index in [4.69, 9.17) is 33.4 Å². The second-order valence-corrected chi connectivity index (χ2v) is 15.8. The molecule has 1 amide bonds. The van der Waals surface area contributed by atoms with Gasteiger partial charge >= 0.3 is 0 Å². The van der Waals surface area contributed by atoms with Crippen LogP contribution in [0.4, 0.5) is 0 Å². The number of amides is 1. The normalized spacial score (nSPS) is 10.7. The molecule has 0 unspecified atom stereocenters. The molecule has 18 nitrogen and oxygen atoms in total. The number of phenols is 1. The molecule has 0 saturated heterocycles. The van der Waals surface area contributed by atoms with Crippen LogP contribution in [0.2, 0.25) is 0 Å². The topological polar surface area (TPSA) is 209 Å². The minimum Gasteiger partial charge on any atom is -0.504 e. The Morgan fingerprint density at radius 1 is 0.500 bits per heavy atom. The summed E-state index contributed by atoms with van der Waals surface area (Å²) < 4.78 is 36.9. The Bertz CT molecular complexity index is 3570. The summed E-state index contributed by atoms with van der Waals surface area (Å²) in [5, 5.41) is 13.6. The van der Waals surface area contributed by atoms with Gasteiger partial charge in [0, 0.05) is 52.0 Å². The molecule has 2 N–H and O–H groups in total. The Hall–Kier alpha value is -9.03. The molecule has 0 aliphatic carbocycles. The maximum absolute atomic E-state index is 12.8. The lowest BCUT2D eigenvalue weighted by atomic mass is 10.1. The van der Waals surface area contributed by atoms with Gasteiger partial charge in [-0.15, -0.1) is 0 Å². The molecule has 0 atom stereocenters. The first-order chi connectivity index (χ1) is 34.9. The third kappa shape index (κ3) is 10.6. The van der Waals surface area contributed by atoms with Gasteiger partial charge in [-0.2, -0.15) is 0 Å². The maximum atomic E-state index is 12.8. The predicted molar refractivity (Wildman–Crippen MR) is 276 cm³/mol. The summed E-state index contributed by atoms with van der Waals surface area (Å²) in [7, 11) is 12.7. The number of likely N-dealkylation sites (N-methyl/N-ethyl adjacent to an activating group) is 1. The van der Waals surface area contributed by atoms with Crippen LogP contribution >= 0.6 is 0 Å². The van der Waals surface area contributed by atoms with E-state index in [0.29, 0.717) is 86.4 Å². The van der Waals surface area contributed by atoms with Crippen LogP contribution < -0.4 is 45.7 Å². The monoisotopic (exact) mass is 975 g/mol. The number of ether oxygens (including phenoxy) is 6. The van der Waals surface area contributed by atoms with Gasteiger partial charge in [-0.3, -0.25) is 32.9 Å². The molecule has 72 heavy (non-hydrogen) atoms. The number of fused-ring (bicyclic) bond motifs is 3. The van der Waals surface area contributed by atoms with Gasteiger partial charge in [0.2, 0.25) is 0 Å². The number of aromatic hydroxyl groups is 1. The number of nitrogens with zero attached hydrogens (tertiary/aromatic N) is 6. The highest BCUT2D eigenvalue weighted by Gasteiger charge is 2.20. The van der Waals surface area contributed by atoms with Crippen LogP contribution in [0.5, 0.6) is 34.5 Å². The predicted octanol–water partition coefficient (Wildman–Crippen LogP) is 6.68. The summed E-state index contributed by atoms with van der Waals surface area (Å²) in [4.78, 5) is 63.3. The molecular weight excluding hydrogens is 923 g/mol. The summed E-state index contributed by atoms with van der Waals surface area (Å²) in [6, 6.07) is 38.1. The highest BCUT2D eigenvalue weighted by atomic mass is 16.5. The fourth-order valence-electron chi connectivity index (χ4n) is 7.70. The van der Waals surface area contributed by atoms with E-state index in [0.717, 1.165) is 16.7 Å². The fourth-order valence-corrected chi connectivity index (χ4v) is 7.70. The van der Waals surface area contributed by atoms with E-state index in [1.165, 1.54) is 36.5 Å². The summed E-state index contributed by atoms with van der Waals surface area (Å²) in [5.74, 6) is 3.17. The first-order valence-electron chi connectivity index (χ1n) is 22.4. The minimum absolute atomic E-state index is 0.0373. The zero-order valence-corrected chi connectivity index (χ0v) is 41.0. The number of aromatic nitrogens is 6. The lowest BCUT2D eigenvalue weighted by Gasteiger charge is -2.14. The summed E-state index contributed by atoms with van der Waals surface area (Å²) >= 11 is 0. The van der Waals surface area contributed by atoms with Crippen LogP contribution in [0.15, 0.2) is 142 Å². The smallest absolute Gasteiger partial charge is 0.261 e. The summed E-state index contributed by atoms with van der Waals surface area (Å²) in [5.41, 5.74) is 3.23. The first kappa shape index (κ1) is 50.8. The Kier molecular flexibility index (Phi) is 16.3. The maximum Gasteiger partial charge on any atom is 0.261 e. The molecule has 9 rings (SSSR count). The third-order valence-electron chi connectivity index (χ3n) is 11.4. The van der Waals surface area contributed by atoms with Crippen molar-refractivity contribution < 1.29 is 38.3 Å². The lowest BCUT2D eigenvalue weighted by Crippen LogP contribution is -2.25. The van der Waals surface area contributed by atoms with Gasteiger partial charge in [-0.05, 0) is 36.4 Å². The van der Waals surface area contributed by atoms with Gasteiger partial charge in [0.05, 0.1) is 44.1 Å². The van der Waals surface area contributed by atoms with Gasteiger partial charge < -0.3 is 38.8 Å². The molecule has 370 valence electrons. The average Bonchev–Trinajstić information content (AvgIpc) is 3.41. The van der Waals surface area contributed by atoms with Crippen molar-refractivity contribution >= 4 is 38.6 Å². The van der Waals surface area contributed by atoms with Crippen LogP contribution in [0, 0.1) is 0 Å². The number of carbonyl (C=O) groups excluding carboxylic acids is 1. The van der Waals surface area contributed by atoms with Crippen LogP contribution in [0.25, 0.3) is 66.9 Å². The van der Waals surface area contributed by atoms with Gasteiger partial charge in [0.1, 0.15) is 40.6 Å². The molecule has 0 bridgehead atoms. The number of methoxy groups -OCH3 is 4. The van der Waals surface area contributed by atoms with E-state index in [9.17, 15) is 24.3 Å². The Labute approximate surface area is 413 Å². The van der Waals surface area contributed by atoms with Gasteiger partial charge in [0.15, 0.2) is 41.1 Å². The highest BCUT2D eigenvalue weighted by molar-refractivity contribution is 5.90. The number of nitrogens with one attached hydrogen (secondary N) is 1. The second-order valence-electron chi connectivity index (χ2n) is 15.8. The van der Waals surface area contributed by atoms with Crippen molar-refractivity contribution in [3.63, 3.8) is 0 Å². The van der Waals surface area contributed by atoms with Crippen molar-refractivity contribution in [3.05, 3.63) is 158 Å². The van der Waals surface area contributed by atoms with Gasteiger partial charge in [-0.1, -0.05) is 91.0 Å². The minimum atomic E-state index is -0.269. The molecule has 0 spiro atoms. The van der Waals surface area contributed by atoms with Crippen LogP contribution in [0.3, 0.4) is 0 Å². The standard InChI is InChI=1S/C19H19N3O4.C19H20N2O4.C16H14N2O3/c1-20-15(23)11-26-14-10-9-13-16(17(14)25-3)21-18(22(2)19(13)24)12-7-5-4-6-8-12;1-21-18(13-7-5-4-6-8-13)20-16-14(19(21)22)9-10-15(17(16)24-3)25-12-11-23-2;1-18-15(10-6-4-3-5-7-10)17-13-11(16(18)20)8-9-12(19)14(13)21-2/h4-10H,11H2,1-3H3,(H,20,23);4-10H,11-12H2,1-3H3;3-9,19H,1-2H3. The highest BCUT2D eigenvalue weighted by Crippen LogP contribution is 2.36. The number of carbonyl (C=O) groups is 1. The van der Waals surface area contributed by atoms with Crippen molar-refractivity contribution in [3.8, 4) is 68.7 Å². The number of phenolic OH excluding ortho intramolecular Hbond substituents is 1. The Balaban J connectivity index is 0.000000159. The molecule has 0 fully saturated rings. The quantitative estimate of drug-likeness (QED) is 0.116. The first-order valence-corrected chi connectivity index (χ1v) is 22.4. The van der Waals surface area contributed by atoms with Crippen molar-refractivity contribution in [2.45, 2.75) is 0 Å². The molecule has 9 aromatic rings. The van der Waals surface area contributed by atoms with E-state index in [1.54, 1.807) is 70.3 Å². The zero-order chi connectivity index (χ0) is 51.5. The third-order valence-corrected chi connectivity index (χ3v) is 11.4. The molecule has 6 aromatic carbocycles. The van der Waals surface area contributed by atoms with Crippen molar-refractivity contribution in [2.75, 3.05) is 55.3 Å². The van der Waals surface area contributed by atoms with E-state index in [-0.39, 0.29) is 40.7 Å². The Morgan fingerprint density at radius 2 is 0.861 bits per heavy atom. The molecule has 0 saturated carbocycles. The SMILES string of the molecule is CNC(=O)COc1ccc2c(=O)n(C)c(-c3ccccc3)nc2c1OC.COCCOc1ccc2c(=O)n(C)c(-c3ccccc3)nc2c1OC.COc1c(O)ccc2c(=O)n(C)c(-c3ccccc3)nc12. The molecule has 18 heteroatoms. The Morgan fingerprint density at radius 3 is 1.22 bits per heavy atom. The molecule has 0 aliphatic rings. The van der Waals surface area contributed by atoms with Crippen LogP contribution in [-0.2, 0) is 30.7 Å². The molecular formula is C54H53N7O11. The second kappa shape index (κ2) is 23.1. The van der Waals surface area contributed by atoms with E-state index < -0.39 is 0 Å². The molecule has 0 radical (unpaired) electrons. The summed E-state index contributed by atoms with van der Waals surface area (Å²) in [6.07, 6.45) is 0. The molecule has 0 aliphatic heterocycles. The van der Waals surface area contributed by atoms with Crippen molar-refractivity contribution in [2.24, 2.45) is 21.1 Å². The summed E-state index contributed by atoms with van der Waals surface area (Å²) in [6.45, 7) is 0.684. The number of hydrogen-bond acceptors (Lipinski definition) is 14. The molecule has 3 aromatic heterocycles. The van der Waals surface area contributed by atoms with E-state index >= 15 is 0 Å².